The van der Waals surface area contributed by atoms with Crippen LogP contribution in [0.15, 0.2) is 18.3 Å². The first-order valence-corrected chi connectivity index (χ1v) is 7.33. The summed E-state index contributed by atoms with van der Waals surface area (Å²) in [6.45, 7) is 7.65. The van der Waals surface area contributed by atoms with Gasteiger partial charge in [-0.25, -0.2) is 4.39 Å². The zero-order valence-electron chi connectivity index (χ0n) is 13.0. The molecule has 1 heterocycles. The molecule has 3 nitrogen and oxygen atoms in total. The highest BCUT2D eigenvalue weighted by atomic mass is 19.1. The molecule has 2 aromatic rings. The van der Waals surface area contributed by atoms with Gasteiger partial charge >= 0.3 is 0 Å². The van der Waals surface area contributed by atoms with Crippen LogP contribution in [0.5, 0.6) is 0 Å². The molecule has 0 amide bonds. The van der Waals surface area contributed by atoms with Crippen molar-refractivity contribution in [3.8, 4) is 11.3 Å². The van der Waals surface area contributed by atoms with Gasteiger partial charge in [-0.05, 0) is 49.9 Å². The minimum absolute atomic E-state index is 0.203. The molecule has 0 fully saturated rings. The summed E-state index contributed by atoms with van der Waals surface area (Å²) < 4.78 is 15.6. The molecule has 4 heteroatoms. The van der Waals surface area contributed by atoms with Crippen molar-refractivity contribution in [1.82, 2.24) is 9.78 Å². The predicted octanol–water partition coefficient (Wildman–Crippen LogP) is 4.48. The number of nitrogens with zero attached hydrogens (tertiary/aromatic N) is 2. The number of aldehydes is 1. The van der Waals surface area contributed by atoms with Crippen LogP contribution in [-0.4, -0.2) is 16.1 Å². The summed E-state index contributed by atoms with van der Waals surface area (Å²) in [5, 5.41) is 4.57. The lowest BCUT2D eigenvalue weighted by atomic mass is 10.0. The molecule has 0 aliphatic heterocycles. The van der Waals surface area contributed by atoms with Crippen molar-refractivity contribution in [3.63, 3.8) is 0 Å². The third-order valence-corrected chi connectivity index (χ3v) is 3.91. The minimum Gasteiger partial charge on any atom is -0.298 e. The van der Waals surface area contributed by atoms with Crippen LogP contribution in [0.3, 0.4) is 0 Å². The Hall–Kier alpha value is -1.97. The lowest BCUT2D eigenvalue weighted by Crippen LogP contribution is -2.07. The maximum Gasteiger partial charge on any atom is 0.153 e. The van der Waals surface area contributed by atoms with Crippen LogP contribution in [0.25, 0.3) is 11.3 Å². The fourth-order valence-corrected chi connectivity index (χ4v) is 2.65. The molecule has 21 heavy (non-hydrogen) atoms. The Labute approximate surface area is 124 Å². The summed E-state index contributed by atoms with van der Waals surface area (Å²) in [6, 6.07) is 3.77. The third-order valence-electron chi connectivity index (χ3n) is 3.91. The van der Waals surface area contributed by atoms with Crippen molar-refractivity contribution in [1.29, 1.82) is 0 Å². The van der Waals surface area contributed by atoms with E-state index in [0.717, 1.165) is 24.7 Å². The molecule has 0 N–H and O–H groups in total. The molecule has 0 saturated carbocycles. The first kappa shape index (κ1) is 15.4. The van der Waals surface area contributed by atoms with E-state index in [2.05, 4.69) is 18.9 Å². The Morgan fingerprint density at radius 3 is 2.29 bits per heavy atom. The number of aromatic nitrogens is 2. The molecular weight excluding hydrogens is 267 g/mol. The van der Waals surface area contributed by atoms with E-state index in [0.29, 0.717) is 22.4 Å². The van der Waals surface area contributed by atoms with Crippen molar-refractivity contribution in [2.75, 3.05) is 0 Å². The van der Waals surface area contributed by atoms with Crippen LogP contribution in [0.1, 0.15) is 54.2 Å². The number of halogens is 1. The summed E-state index contributed by atoms with van der Waals surface area (Å²) in [5.41, 5.74) is 3.10. The van der Waals surface area contributed by atoms with Gasteiger partial charge in [0.25, 0.3) is 0 Å². The Morgan fingerprint density at radius 2 is 1.81 bits per heavy atom. The molecule has 2 rings (SSSR count). The molecule has 0 unspecified atom stereocenters. The Balaban J connectivity index is 2.55. The maximum atomic E-state index is 13.8. The second-order valence-corrected chi connectivity index (χ2v) is 5.43. The fourth-order valence-electron chi connectivity index (χ4n) is 2.65. The number of hydrogen-bond acceptors (Lipinski definition) is 2. The second kappa shape index (κ2) is 6.20. The van der Waals surface area contributed by atoms with Crippen molar-refractivity contribution in [3.05, 3.63) is 40.8 Å². The summed E-state index contributed by atoms with van der Waals surface area (Å²) in [7, 11) is 0. The molecule has 1 aromatic carbocycles. The van der Waals surface area contributed by atoms with E-state index in [1.807, 2.05) is 4.68 Å². The quantitative estimate of drug-likeness (QED) is 0.760. The van der Waals surface area contributed by atoms with Crippen LogP contribution in [-0.2, 0) is 0 Å². The van der Waals surface area contributed by atoms with Crippen molar-refractivity contribution >= 4 is 6.29 Å². The van der Waals surface area contributed by atoms with Gasteiger partial charge in [-0.1, -0.05) is 13.8 Å². The molecule has 0 aliphatic carbocycles. The van der Waals surface area contributed by atoms with E-state index in [1.54, 1.807) is 32.2 Å². The molecular formula is C17H21FN2O. The average molecular weight is 288 g/mol. The van der Waals surface area contributed by atoms with Gasteiger partial charge in [0.2, 0.25) is 0 Å². The molecule has 0 saturated heterocycles. The highest BCUT2D eigenvalue weighted by Crippen LogP contribution is 2.27. The van der Waals surface area contributed by atoms with Gasteiger partial charge in [-0.3, -0.25) is 9.48 Å². The maximum absolute atomic E-state index is 13.8. The minimum atomic E-state index is -0.203. The van der Waals surface area contributed by atoms with Gasteiger partial charge in [-0.2, -0.15) is 5.10 Å². The molecule has 0 bridgehead atoms. The number of hydrogen-bond donors (Lipinski definition) is 0. The first-order valence-electron chi connectivity index (χ1n) is 7.33. The smallest absolute Gasteiger partial charge is 0.153 e. The summed E-state index contributed by atoms with van der Waals surface area (Å²) in [6.07, 6.45) is 4.51. The summed E-state index contributed by atoms with van der Waals surface area (Å²) in [4.78, 5) is 11.3. The summed E-state index contributed by atoms with van der Waals surface area (Å²) >= 11 is 0. The average Bonchev–Trinajstić information content (AvgIpc) is 2.89. The van der Waals surface area contributed by atoms with E-state index >= 15 is 0 Å². The molecule has 0 atom stereocenters. The molecule has 0 spiro atoms. The van der Waals surface area contributed by atoms with Gasteiger partial charge in [0.1, 0.15) is 11.5 Å². The second-order valence-electron chi connectivity index (χ2n) is 5.43. The van der Waals surface area contributed by atoms with Gasteiger partial charge in [-0.15, -0.1) is 0 Å². The van der Waals surface area contributed by atoms with Crippen LogP contribution >= 0.6 is 0 Å². The van der Waals surface area contributed by atoms with E-state index < -0.39 is 0 Å². The topological polar surface area (TPSA) is 34.9 Å². The first-order chi connectivity index (χ1) is 10.0. The number of carbonyl (C=O) groups excluding carboxylic acids is 1. The van der Waals surface area contributed by atoms with Gasteiger partial charge in [0.05, 0.1) is 11.6 Å². The number of carbonyl (C=O) groups is 1. The largest absolute Gasteiger partial charge is 0.298 e. The SMILES string of the molecule is CCC(CC)n1cc(C=O)c(-c2cc(C)c(F)c(C)c2)n1. The van der Waals surface area contributed by atoms with Crippen LogP contribution in [0, 0.1) is 19.7 Å². The number of aryl methyl sites for hydroxylation is 2. The zero-order valence-corrected chi connectivity index (χ0v) is 13.0. The normalized spacial score (nSPS) is 11.1. The van der Waals surface area contributed by atoms with Crippen LogP contribution < -0.4 is 0 Å². The summed E-state index contributed by atoms with van der Waals surface area (Å²) in [5.74, 6) is -0.203. The van der Waals surface area contributed by atoms with Crippen molar-refractivity contribution in [2.24, 2.45) is 0 Å². The third kappa shape index (κ3) is 2.89. The van der Waals surface area contributed by atoms with E-state index in [-0.39, 0.29) is 11.9 Å². The van der Waals surface area contributed by atoms with Gasteiger partial charge < -0.3 is 0 Å². The zero-order chi connectivity index (χ0) is 15.6. The molecule has 1 aromatic heterocycles. The standard InChI is InChI=1S/C17H21FN2O/c1-5-15(6-2)20-9-14(10-21)17(19-20)13-7-11(3)16(18)12(4)8-13/h7-10,15H,5-6H2,1-4H3. The lowest BCUT2D eigenvalue weighted by Gasteiger charge is -2.12. The van der Waals surface area contributed by atoms with Crippen molar-refractivity contribution in [2.45, 2.75) is 46.6 Å². The van der Waals surface area contributed by atoms with E-state index in [9.17, 15) is 9.18 Å². The van der Waals surface area contributed by atoms with E-state index in [4.69, 9.17) is 0 Å². The Bertz CT molecular complexity index is 634. The van der Waals surface area contributed by atoms with Crippen molar-refractivity contribution < 1.29 is 9.18 Å². The molecule has 0 aliphatic rings. The predicted molar refractivity (Wildman–Crippen MR) is 82.1 cm³/mol. The Kier molecular flexibility index (Phi) is 4.56. The van der Waals surface area contributed by atoms with Crippen LogP contribution in [0.4, 0.5) is 4.39 Å². The highest BCUT2D eigenvalue weighted by molar-refractivity contribution is 5.85. The Morgan fingerprint density at radius 1 is 1.24 bits per heavy atom. The number of rotatable bonds is 5. The lowest BCUT2D eigenvalue weighted by molar-refractivity contribution is 0.112. The molecule has 112 valence electrons. The molecule has 0 radical (unpaired) electrons. The monoisotopic (exact) mass is 288 g/mol. The fraction of sp³-hybridized carbons (Fsp3) is 0.412. The van der Waals surface area contributed by atoms with Gasteiger partial charge in [0.15, 0.2) is 6.29 Å². The van der Waals surface area contributed by atoms with Crippen LogP contribution in [0.2, 0.25) is 0 Å². The highest BCUT2D eigenvalue weighted by Gasteiger charge is 2.16. The van der Waals surface area contributed by atoms with Gasteiger partial charge in [0, 0.05) is 11.8 Å². The number of benzene rings is 1. The van der Waals surface area contributed by atoms with E-state index in [1.165, 1.54) is 0 Å².